The van der Waals surface area contributed by atoms with E-state index in [-0.39, 0.29) is 14.7 Å². The van der Waals surface area contributed by atoms with Crippen LogP contribution >= 0.6 is 0 Å². The third kappa shape index (κ3) is 3.50. The van der Waals surface area contributed by atoms with Crippen molar-refractivity contribution in [1.82, 2.24) is 25.2 Å². The quantitative estimate of drug-likeness (QED) is 0.427. The van der Waals surface area contributed by atoms with Crippen molar-refractivity contribution in [3.05, 3.63) is 65.7 Å². The molecular weight excluding hydrogens is 478 g/mol. The normalized spacial score (nSPS) is 25.9. The Balaban J connectivity index is 0.00000145. The molecule has 8 heteroatoms. The van der Waals surface area contributed by atoms with Gasteiger partial charge in [-0.2, -0.15) is 15.4 Å². The number of carbonyl (C=O) groups is 2. The summed E-state index contributed by atoms with van der Waals surface area (Å²) in [6.07, 6.45) is 2.46. The average Bonchev–Trinajstić information content (AvgIpc) is 3.33. The SMILES string of the molecule is O=C(c1cc(OCC2CC2)c2ccccc2c1)N1CC2C(C1)[C@@H]1CN(C(=O)c3ccc4n[nH]nc4c3)C[C@H]21.[HH].[HH]. The van der Waals surface area contributed by atoms with Gasteiger partial charge in [0.15, 0.2) is 0 Å². The molecule has 4 aromatic rings. The number of H-pyrrole nitrogens is 1. The van der Waals surface area contributed by atoms with E-state index in [0.717, 1.165) is 54.8 Å². The summed E-state index contributed by atoms with van der Waals surface area (Å²) in [7, 11) is 0. The number of fused-ring (bicyclic) bond motifs is 6. The zero-order chi connectivity index (χ0) is 25.4. The van der Waals surface area contributed by atoms with Gasteiger partial charge in [0.2, 0.25) is 0 Å². The van der Waals surface area contributed by atoms with E-state index >= 15 is 0 Å². The maximum atomic E-state index is 13.7. The Bertz CT molecular complexity index is 1580. The number of nitrogens with zero attached hydrogens (tertiary/aromatic N) is 4. The maximum absolute atomic E-state index is 13.7. The van der Waals surface area contributed by atoms with Crippen LogP contribution in [0.25, 0.3) is 21.8 Å². The second-order valence-electron chi connectivity index (χ2n) is 11.6. The molecule has 2 aliphatic carbocycles. The van der Waals surface area contributed by atoms with Crippen molar-refractivity contribution in [1.29, 1.82) is 0 Å². The Morgan fingerprint density at radius 2 is 1.47 bits per heavy atom. The number of aromatic nitrogens is 3. The highest BCUT2D eigenvalue weighted by atomic mass is 16.5. The van der Waals surface area contributed by atoms with Gasteiger partial charge in [0.25, 0.3) is 11.8 Å². The fraction of sp³-hybridized carbons (Fsp3) is 0.400. The summed E-state index contributed by atoms with van der Waals surface area (Å²) in [5, 5.41) is 12.9. The van der Waals surface area contributed by atoms with Crippen LogP contribution in [0.5, 0.6) is 5.75 Å². The molecule has 4 fully saturated rings. The summed E-state index contributed by atoms with van der Waals surface area (Å²) in [4.78, 5) is 30.9. The highest BCUT2D eigenvalue weighted by Gasteiger charge is 2.59. The monoisotopic (exact) mass is 511 g/mol. The van der Waals surface area contributed by atoms with Crippen molar-refractivity contribution in [3.8, 4) is 5.75 Å². The molecule has 0 spiro atoms. The lowest BCUT2D eigenvalue weighted by Crippen LogP contribution is -2.44. The topological polar surface area (TPSA) is 91.4 Å². The number of rotatable bonds is 5. The van der Waals surface area contributed by atoms with Crippen molar-refractivity contribution in [2.45, 2.75) is 12.8 Å². The van der Waals surface area contributed by atoms with Crippen molar-refractivity contribution in [2.24, 2.45) is 29.6 Å². The van der Waals surface area contributed by atoms with E-state index in [0.29, 0.717) is 46.2 Å². The average molecular weight is 512 g/mol. The highest BCUT2D eigenvalue weighted by Crippen LogP contribution is 2.54. The molecule has 1 N–H and O–H groups in total. The number of hydrogen-bond acceptors (Lipinski definition) is 5. The summed E-state index contributed by atoms with van der Waals surface area (Å²) < 4.78 is 6.18. The van der Waals surface area contributed by atoms with Crippen LogP contribution in [0.1, 0.15) is 36.4 Å². The number of likely N-dealkylation sites (tertiary alicyclic amines) is 2. The Morgan fingerprint density at radius 3 is 2.18 bits per heavy atom. The molecule has 8 rings (SSSR count). The minimum absolute atomic E-state index is 0. The van der Waals surface area contributed by atoms with E-state index in [1.165, 1.54) is 12.8 Å². The van der Waals surface area contributed by atoms with Crippen LogP contribution in [0.2, 0.25) is 0 Å². The molecule has 2 saturated carbocycles. The number of hydrogen-bond donors (Lipinski definition) is 1. The third-order valence-corrected chi connectivity index (χ3v) is 9.30. The first-order valence-electron chi connectivity index (χ1n) is 13.7. The minimum Gasteiger partial charge on any atom is -0.493 e. The van der Waals surface area contributed by atoms with Crippen molar-refractivity contribution < 1.29 is 17.2 Å². The highest BCUT2D eigenvalue weighted by molar-refractivity contribution is 6.01. The third-order valence-electron chi connectivity index (χ3n) is 9.30. The Kier molecular flexibility index (Phi) is 4.81. The predicted octanol–water partition coefficient (Wildman–Crippen LogP) is 4.48. The second kappa shape index (κ2) is 8.28. The van der Waals surface area contributed by atoms with Crippen molar-refractivity contribution in [3.63, 3.8) is 0 Å². The molecule has 2 aliphatic heterocycles. The fourth-order valence-corrected chi connectivity index (χ4v) is 7.06. The van der Waals surface area contributed by atoms with E-state index in [1.807, 2.05) is 52.3 Å². The van der Waals surface area contributed by atoms with Gasteiger partial charge in [0.05, 0.1) is 6.61 Å². The molecular formula is C30H33N5O3. The first-order valence-corrected chi connectivity index (χ1v) is 13.7. The molecule has 2 saturated heterocycles. The largest absolute Gasteiger partial charge is 0.493 e. The van der Waals surface area contributed by atoms with Crippen molar-refractivity contribution in [2.75, 3.05) is 32.8 Å². The lowest BCUT2D eigenvalue weighted by Gasteiger charge is -2.42. The molecule has 4 aliphatic rings. The molecule has 0 radical (unpaired) electrons. The van der Waals surface area contributed by atoms with Gasteiger partial charge < -0.3 is 14.5 Å². The van der Waals surface area contributed by atoms with E-state index in [1.54, 1.807) is 0 Å². The number of benzene rings is 3. The summed E-state index contributed by atoms with van der Waals surface area (Å²) in [6.45, 7) is 3.78. The van der Waals surface area contributed by atoms with Crippen LogP contribution in [0.15, 0.2) is 54.6 Å². The molecule has 3 heterocycles. The smallest absolute Gasteiger partial charge is 0.254 e. The predicted molar refractivity (Wildman–Crippen MR) is 146 cm³/mol. The minimum atomic E-state index is 0. The zero-order valence-corrected chi connectivity index (χ0v) is 21.0. The summed E-state index contributed by atoms with van der Waals surface area (Å²) in [5.74, 6) is 3.47. The Morgan fingerprint density at radius 1 is 0.816 bits per heavy atom. The number of nitrogens with one attached hydrogen (secondary N) is 1. The molecule has 8 nitrogen and oxygen atoms in total. The number of ether oxygens (including phenoxy) is 1. The summed E-state index contributed by atoms with van der Waals surface area (Å²) in [5.41, 5.74) is 2.83. The number of aromatic amines is 1. The maximum Gasteiger partial charge on any atom is 0.254 e. The van der Waals surface area contributed by atoms with Gasteiger partial charge in [-0.15, -0.1) is 0 Å². The van der Waals surface area contributed by atoms with Gasteiger partial charge >= 0.3 is 0 Å². The van der Waals surface area contributed by atoms with Crippen LogP contribution in [0, 0.1) is 29.6 Å². The van der Waals surface area contributed by atoms with Gasteiger partial charge in [-0.25, -0.2) is 0 Å². The van der Waals surface area contributed by atoms with E-state index in [2.05, 4.69) is 27.5 Å². The number of amides is 2. The Hall–Kier alpha value is -3.94. The van der Waals surface area contributed by atoms with Gasteiger partial charge in [-0.05, 0) is 78.1 Å². The van der Waals surface area contributed by atoms with Crippen LogP contribution < -0.4 is 4.74 Å². The molecule has 1 aromatic heterocycles. The molecule has 0 bridgehead atoms. The lowest BCUT2D eigenvalue weighted by atomic mass is 9.60. The second-order valence-corrected chi connectivity index (χ2v) is 11.6. The van der Waals surface area contributed by atoms with E-state index in [4.69, 9.17) is 4.74 Å². The molecule has 2 amide bonds. The first-order chi connectivity index (χ1) is 18.6. The van der Waals surface area contributed by atoms with Gasteiger partial charge in [-0.1, -0.05) is 24.3 Å². The fourth-order valence-electron chi connectivity index (χ4n) is 7.06. The van der Waals surface area contributed by atoms with Crippen LogP contribution in [-0.2, 0) is 0 Å². The van der Waals surface area contributed by atoms with Crippen LogP contribution in [0.4, 0.5) is 0 Å². The van der Waals surface area contributed by atoms with E-state index < -0.39 is 0 Å². The molecule has 3 aromatic carbocycles. The summed E-state index contributed by atoms with van der Waals surface area (Å²) >= 11 is 0. The lowest BCUT2D eigenvalue weighted by molar-refractivity contribution is 0.0629. The van der Waals surface area contributed by atoms with Crippen LogP contribution in [-0.4, -0.2) is 69.8 Å². The van der Waals surface area contributed by atoms with Gasteiger partial charge in [0, 0.05) is 45.5 Å². The Labute approximate surface area is 222 Å². The standard InChI is InChI=1S/C30H29N5O3.2H2/c36-29(19-7-8-26-27(10-19)32-33-31-26)34-12-22-23(13-34)25-15-35(14-24(22)25)30(37)20-9-18-3-1-2-4-21(18)28(11-20)38-16-17-5-6-17;;/h1-4,7-11,17,22-25H,5-6,12-16H2,(H,31,32,33);2*1H/t22-,23+,24?,25?;;. The summed E-state index contributed by atoms with van der Waals surface area (Å²) in [6, 6.07) is 17.6. The zero-order valence-electron chi connectivity index (χ0n) is 21.0. The molecule has 2 unspecified atom stereocenters. The molecule has 196 valence electrons. The van der Waals surface area contributed by atoms with Gasteiger partial charge in [-0.3, -0.25) is 9.59 Å². The number of carbonyl (C=O) groups excluding carboxylic acids is 2. The molecule has 4 atom stereocenters. The van der Waals surface area contributed by atoms with Gasteiger partial charge in [0.1, 0.15) is 16.8 Å². The first kappa shape index (κ1) is 22.1. The van der Waals surface area contributed by atoms with E-state index in [9.17, 15) is 9.59 Å². The molecule has 38 heavy (non-hydrogen) atoms. The van der Waals surface area contributed by atoms with Crippen molar-refractivity contribution >= 4 is 33.6 Å². The van der Waals surface area contributed by atoms with Crippen LogP contribution in [0.3, 0.4) is 0 Å².